The van der Waals surface area contributed by atoms with Crippen LogP contribution in [-0.4, -0.2) is 17.6 Å². The largest absolute Gasteiger partial charge is 0.481 e. The monoisotopic (exact) mass is 213 g/mol. The van der Waals surface area contributed by atoms with E-state index >= 15 is 0 Å². The molecule has 0 saturated heterocycles. The average Bonchev–Trinajstić information content (AvgIpc) is 2.47. The molecule has 0 amide bonds. The summed E-state index contributed by atoms with van der Waals surface area (Å²) in [5.41, 5.74) is 5.90. The number of aliphatic carboxylic acids is 1. The van der Waals surface area contributed by atoms with E-state index in [1.54, 1.807) is 0 Å². The predicted molar refractivity (Wildman–Crippen MR) is 60.5 cm³/mol. The molecule has 3 nitrogen and oxygen atoms in total. The fourth-order valence-corrected chi connectivity index (χ4v) is 2.69. The Morgan fingerprint density at radius 2 is 2.13 bits per heavy atom. The van der Waals surface area contributed by atoms with Crippen molar-refractivity contribution >= 4 is 5.97 Å². The van der Waals surface area contributed by atoms with Crippen LogP contribution in [0, 0.1) is 16.7 Å². The van der Waals surface area contributed by atoms with Crippen LogP contribution in [0.5, 0.6) is 0 Å². The smallest absolute Gasteiger partial charge is 0.303 e. The summed E-state index contributed by atoms with van der Waals surface area (Å²) in [4.78, 5) is 10.8. The van der Waals surface area contributed by atoms with Gasteiger partial charge in [0.15, 0.2) is 0 Å². The van der Waals surface area contributed by atoms with E-state index in [1.165, 1.54) is 0 Å². The third kappa shape index (κ3) is 2.94. The number of carboxylic acids is 1. The zero-order chi connectivity index (χ0) is 11.7. The Kier molecular flexibility index (Phi) is 3.44. The van der Waals surface area contributed by atoms with Crippen LogP contribution >= 0.6 is 0 Å². The second kappa shape index (κ2) is 4.12. The molecule has 1 saturated carbocycles. The third-order valence-electron chi connectivity index (χ3n) is 3.89. The lowest BCUT2D eigenvalue weighted by atomic mass is 9.75. The lowest BCUT2D eigenvalue weighted by molar-refractivity contribution is -0.139. The molecule has 1 aliphatic rings. The van der Waals surface area contributed by atoms with Gasteiger partial charge in [0, 0.05) is 0 Å². The molecule has 0 aromatic rings. The quantitative estimate of drug-likeness (QED) is 0.755. The highest BCUT2D eigenvalue weighted by Crippen LogP contribution is 2.49. The van der Waals surface area contributed by atoms with Gasteiger partial charge < -0.3 is 10.8 Å². The Labute approximate surface area is 92.0 Å². The average molecular weight is 213 g/mol. The van der Waals surface area contributed by atoms with Crippen LogP contribution in [0.2, 0.25) is 0 Å². The van der Waals surface area contributed by atoms with Crippen molar-refractivity contribution in [3.8, 4) is 0 Å². The van der Waals surface area contributed by atoms with Crippen LogP contribution in [-0.2, 0) is 4.79 Å². The summed E-state index contributed by atoms with van der Waals surface area (Å²) < 4.78 is 0. The second-order valence-electron chi connectivity index (χ2n) is 6.08. The minimum absolute atomic E-state index is 0.135. The van der Waals surface area contributed by atoms with E-state index in [2.05, 4.69) is 20.8 Å². The second-order valence-corrected chi connectivity index (χ2v) is 6.08. The number of carbonyl (C=O) groups is 1. The summed E-state index contributed by atoms with van der Waals surface area (Å²) in [6.07, 6.45) is 3.29. The molecule has 88 valence electrons. The van der Waals surface area contributed by atoms with Crippen LogP contribution in [0.4, 0.5) is 0 Å². The van der Waals surface area contributed by atoms with Crippen molar-refractivity contribution in [2.24, 2.45) is 22.5 Å². The van der Waals surface area contributed by atoms with E-state index < -0.39 is 5.97 Å². The standard InChI is InChI=1S/C12H23NO2/c1-11(2,3)9-4-5-12(6-9,8-13)7-10(14)15/h9H,4-8,13H2,1-3H3,(H,14,15)/t9?,12-/m1/s1. The van der Waals surface area contributed by atoms with Gasteiger partial charge in [-0.05, 0) is 42.6 Å². The van der Waals surface area contributed by atoms with Gasteiger partial charge in [0.2, 0.25) is 0 Å². The molecular formula is C12H23NO2. The first kappa shape index (κ1) is 12.5. The Morgan fingerprint density at radius 3 is 2.47 bits per heavy atom. The highest BCUT2D eigenvalue weighted by molar-refractivity contribution is 5.67. The maximum absolute atomic E-state index is 10.8. The number of hydrogen-bond donors (Lipinski definition) is 2. The zero-order valence-electron chi connectivity index (χ0n) is 10.0. The van der Waals surface area contributed by atoms with Crippen molar-refractivity contribution in [3.63, 3.8) is 0 Å². The number of nitrogens with two attached hydrogens (primary N) is 1. The highest BCUT2D eigenvalue weighted by atomic mass is 16.4. The van der Waals surface area contributed by atoms with Gasteiger partial charge in [0.25, 0.3) is 0 Å². The summed E-state index contributed by atoms with van der Waals surface area (Å²) >= 11 is 0. The molecule has 1 aliphatic carbocycles. The fraction of sp³-hybridized carbons (Fsp3) is 0.917. The van der Waals surface area contributed by atoms with Crippen molar-refractivity contribution in [1.29, 1.82) is 0 Å². The van der Waals surface area contributed by atoms with E-state index in [9.17, 15) is 4.79 Å². The maximum Gasteiger partial charge on any atom is 0.303 e. The van der Waals surface area contributed by atoms with Gasteiger partial charge in [-0.2, -0.15) is 0 Å². The first-order valence-electron chi connectivity index (χ1n) is 5.71. The minimum Gasteiger partial charge on any atom is -0.481 e. The molecule has 0 aliphatic heterocycles. The van der Waals surface area contributed by atoms with E-state index in [0.29, 0.717) is 12.5 Å². The van der Waals surface area contributed by atoms with Crippen molar-refractivity contribution in [2.75, 3.05) is 6.54 Å². The van der Waals surface area contributed by atoms with Gasteiger partial charge in [0.1, 0.15) is 0 Å². The molecule has 0 aromatic heterocycles. The van der Waals surface area contributed by atoms with Crippen molar-refractivity contribution in [3.05, 3.63) is 0 Å². The first-order valence-corrected chi connectivity index (χ1v) is 5.71. The fourth-order valence-electron chi connectivity index (χ4n) is 2.69. The molecule has 1 fully saturated rings. The Morgan fingerprint density at radius 1 is 1.53 bits per heavy atom. The van der Waals surface area contributed by atoms with Crippen molar-refractivity contribution in [2.45, 2.75) is 46.5 Å². The summed E-state index contributed by atoms with van der Waals surface area (Å²) in [6.45, 7) is 7.19. The molecule has 3 heteroatoms. The molecule has 0 radical (unpaired) electrons. The van der Waals surface area contributed by atoms with E-state index in [1.807, 2.05) is 0 Å². The Hall–Kier alpha value is -0.570. The van der Waals surface area contributed by atoms with Crippen LogP contribution < -0.4 is 5.73 Å². The van der Waals surface area contributed by atoms with Gasteiger partial charge in [-0.15, -0.1) is 0 Å². The molecular weight excluding hydrogens is 190 g/mol. The van der Waals surface area contributed by atoms with Crippen molar-refractivity contribution < 1.29 is 9.90 Å². The maximum atomic E-state index is 10.8. The summed E-state index contributed by atoms with van der Waals surface area (Å²) in [5, 5.41) is 8.90. The lowest BCUT2D eigenvalue weighted by Crippen LogP contribution is -2.31. The topological polar surface area (TPSA) is 63.3 Å². The van der Waals surface area contributed by atoms with Crippen LogP contribution in [0.25, 0.3) is 0 Å². The molecule has 1 rings (SSSR count). The van der Waals surface area contributed by atoms with E-state index in [4.69, 9.17) is 10.8 Å². The van der Waals surface area contributed by atoms with E-state index in [0.717, 1.165) is 19.3 Å². The van der Waals surface area contributed by atoms with Gasteiger partial charge in [-0.3, -0.25) is 4.79 Å². The van der Waals surface area contributed by atoms with Crippen LogP contribution in [0.15, 0.2) is 0 Å². The minimum atomic E-state index is -0.713. The van der Waals surface area contributed by atoms with Gasteiger partial charge >= 0.3 is 5.97 Å². The number of hydrogen-bond acceptors (Lipinski definition) is 2. The number of carboxylic acid groups (broad SMARTS) is 1. The van der Waals surface area contributed by atoms with Gasteiger partial charge in [-0.1, -0.05) is 20.8 Å². The SMILES string of the molecule is CC(C)(C)C1CC[C@](CN)(CC(=O)O)C1. The Balaban J connectivity index is 2.69. The lowest BCUT2D eigenvalue weighted by Gasteiger charge is -2.30. The van der Waals surface area contributed by atoms with Crippen LogP contribution in [0.3, 0.4) is 0 Å². The molecule has 0 spiro atoms. The summed E-state index contributed by atoms with van der Waals surface area (Å²) in [5.74, 6) is -0.101. The summed E-state index contributed by atoms with van der Waals surface area (Å²) in [6, 6.07) is 0. The molecule has 0 aromatic carbocycles. The normalized spacial score (nSPS) is 31.9. The zero-order valence-corrected chi connectivity index (χ0v) is 10.0. The first-order chi connectivity index (χ1) is 6.79. The highest BCUT2D eigenvalue weighted by Gasteiger charge is 2.43. The predicted octanol–water partition coefficient (Wildman–Crippen LogP) is 2.25. The molecule has 0 bridgehead atoms. The molecule has 0 heterocycles. The van der Waals surface area contributed by atoms with Gasteiger partial charge in [0.05, 0.1) is 6.42 Å². The molecule has 2 atom stereocenters. The van der Waals surface area contributed by atoms with Gasteiger partial charge in [-0.25, -0.2) is 0 Å². The van der Waals surface area contributed by atoms with E-state index in [-0.39, 0.29) is 17.3 Å². The summed E-state index contributed by atoms with van der Waals surface area (Å²) in [7, 11) is 0. The molecule has 1 unspecified atom stereocenters. The number of rotatable bonds is 3. The third-order valence-corrected chi connectivity index (χ3v) is 3.89. The van der Waals surface area contributed by atoms with Crippen molar-refractivity contribution in [1.82, 2.24) is 0 Å². The molecule has 15 heavy (non-hydrogen) atoms. The van der Waals surface area contributed by atoms with Crippen LogP contribution in [0.1, 0.15) is 46.5 Å². The Bertz CT molecular complexity index is 244. The molecule has 3 N–H and O–H groups in total.